The fourth-order valence-electron chi connectivity index (χ4n) is 1.26. The summed E-state index contributed by atoms with van der Waals surface area (Å²) in [4.78, 5) is 1.38. The zero-order valence-corrected chi connectivity index (χ0v) is 8.12. The van der Waals surface area contributed by atoms with Crippen molar-refractivity contribution in [2.45, 2.75) is 4.90 Å². The van der Waals surface area contributed by atoms with Crippen LogP contribution in [0, 0.1) is 6.58 Å². The van der Waals surface area contributed by atoms with Crippen LogP contribution < -0.4 is 0 Å². The normalized spacial score (nSPS) is 16.5. The minimum Gasteiger partial charge on any atom is -0.186 e. The lowest BCUT2D eigenvalue weighted by atomic mass is 10.2. The number of rotatable bonds is 2. The van der Waals surface area contributed by atoms with Crippen molar-refractivity contribution in [2.75, 3.05) is 0 Å². The van der Waals surface area contributed by atoms with Crippen molar-refractivity contribution in [1.82, 2.24) is 0 Å². The Morgan fingerprint density at radius 2 is 1.62 bits per heavy atom. The van der Waals surface area contributed by atoms with Gasteiger partial charge in [0, 0.05) is 0 Å². The summed E-state index contributed by atoms with van der Waals surface area (Å²) in [6.07, 6.45) is 5.83. The smallest absolute Gasteiger partial charge is 0.00548 e. The molecule has 13 heavy (non-hydrogen) atoms. The average molecular weight is 187 g/mol. The summed E-state index contributed by atoms with van der Waals surface area (Å²) in [6.45, 7) is 5.41. The van der Waals surface area contributed by atoms with Gasteiger partial charge in [0.05, 0.1) is 0 Å². The minimum absolute atomic E-state index is 0.173. The maximum absolute atomic E-state index is 5.41. The van der Waals surface area contributed by atoms with Gasteiger partial charge in [-0.05, 0) is 33.4 Å². The zero-order chi connectivity index (χ0) is 9.10. The predicted molar refractivity (Wildman–Crippen MR) is 60.7 cm³/mol. The Labute approximate surface area is 81.6 Å². The van der Waals surface area contributed by atoms with Crippen LogP contribution in [-0.4, -0.2) is 0 Å². The SMILES string of the molecule is [CH]=Cc1ccc([SH]2C=CC=C2)cc1. The molecule has 0 unspecified atom stereocenters. The lowest BCUT2D eigenvalue weighted by Crippen LogP contribution is -1.75. The first-order chi connectivity index (χ1) is 6.40. The van der Waals surface area contributed by atoms with E-state index >= 15 is 0 Å². The Balaban J connectivity index is 2.27. The second-order valence-corrected chi connectivity index (χ2v) is 4.78. The highest BCUT2D eigenvalue weighted by atomic mass is 32.2. The van der Waals surface area contributed by atoms with Crippen LogP contribution in [0.15, 0.2) is 52.1 Å². The van der Waals surface area contributed by atoms with Gasteiger partial charge in [0.15, 0.2) is 0 Å². The maximum Gasteiger partial charge on any atom is -0.00548 e. The summed E-state index contributed by atoms with van der Waals surface area (Å²) in [6, 6.07) is 8.39. The molecule has 0 bridgehead atoms. The van der Waals surface area contributed by atoms with E-state index in [0.29, 0.717) is 0 Å². The Bertz CT molecular complexity index is 345. The molecular weight excluding hydrogens is 176 g/mol. The van der Waals surface area contributed by atoms with Crippen molar-refractivity contribution >= 4 is 17.0 Å². The van der Waals surface area contributed by atoms with Crippen LogP contribution in [0.25, 0.3) is 6.08 Å². The van der Waals surface area contributed by atoms with Crippen molar-refractivity contribution < 1.29 is 0 Å². The Hall–Kier alpha value is -1.21. The Morgan fingerprint density at radius 1 is 1.00 bits per heavy atom. The summed E-state index contributed by atoms with van der Waals surface area (Å²) >= 11 is 0. The molecule has 0 saturated carbocycles. The fraction of sp³-hybridized carbons (Fsp3) is 0. The third kappa shape index (κ3) is 1.76. The maximum atomic E-state index is 5.41. The first-order valence-corrected chi connectivity index (χ1v) is 5.66. The van der Waals surface area contributed by atoms with Gasteiger partial charge < -0.3 is 0 Å². The molecule has 0 fully saturated rings. The molecule has 0 amide bonds. The van der Waals surface area contributed by atoms with E-state index in [9.17, 15) is 0 Å². The lowest BCUT2D eigenvalue weighted by Gasteiger charge is -2.09. The molecule has 0 N–H and O–H groups in total. The Kier molecular flexibility index (Phi) is 2.37. The van der Waals surface area contributed by atoms with Crippen LogP contribution in [0.5, 0.6) is 0 Å². The van der Waals surface area contributed by atoms with E-state index in [1.165, 1.54) is 4.90 Å². The number of allylic oxidation sites excluding steroid dienone is 2. The van der Waals surface area contributed by atoms with Crippen molar-refractivity contribution in [2.24, 2.45) is 0 Å². The molecule has 0 aromatic heterocycles. The molecule has 65 valence electrons. The van der Waals surface area contributed by atoms with E-state index in [2.05, 4.69) is 47.2 Å². The van der Waals surface area contributed by atoms with Crippen molar-refractivity contribution in [3.8, 4) is 0 Å². The molecule has 0 saturated heterocycles. The Morgan fingerprint density at radius 3 is 2.15 bits per heavy atom. The van der Waals surface area contributed by atoms with E-state index in [1.54, 1.807) is 6.08 Å². The van der Waals surface area contributed by atoms with Crippen LogP contribution in [-0.2, 0) is 0 Å². The van der Waals surface area contributed by atoms with Crippen LogP contribution in [0.4, 0.5) is 0 Å². The molecule has 0 atom stereocenters. The highest BCUT2D eigenvalue weighted by molar-refractivity contribution is 8.22. The minimum atomic E-state index is -0.173. The lowest BCUT2D eigenvalue weighted by molar-refractivity contribution is 1.45. The standard InChI is InChI=1S/C12H11S/c1-2-11-5-7-12(8-6-11)13-9-3-4-10-13/h1-10,13H. The van der Waals surface area contributed by atoms with Gasteiger partial charge in [-0.15, -0.1) is 0 Å². The molecular formula is C12H11S. The van der Waals surface area contributed by atoms with Gasteiger partial charge in [-0.2, -0.15) is 10.9 Å². The molecule has 0 nitrogen and oxygen atoms in total. The van der Waals surface area contributed by atoms with E-state index in [4.69, 9.17) is 6.58 Å². The van der Waals surface area contributed by atoms with Crippen molar-refractivity contribution in [1.29, 1.82) is 0 Å². The van der Waals surface area contributed by atoms with Gasteiger partial charge in [-0.25, -0.2) is 0 Å². The molecule has 1 aromatic carbocycles. The average Bonchev–Trinajstić information content (AvgIpc) is 2.71. The molecule has 1 aliphatic rings. The van der Waals surface area contributed by atoms with Gasteiger partial charge in [0.1, 0.15) is 0 Å². The number of benzene rings is 1. The van der Waals surface area contributed by atoms with Crippen LogP contribution in [0.1, 0.15) is 5.56 Å². The quantitative estimate of drug-likeness (QED) is 0.673. The number of hydrogen-bond donors (Lipinski definition) is 1. The number of hydrogen-bond acceptors (Lipinski definition) is 0. The van der Waals surface area contributed by atoms with Gasteiger partial charge in [-0.3, -0.25) is 0 Å². The fourth-order valence-corrected chi connectivity index (χ4v) is 2.77. The monoisotopic (exact) mass is 187 g/mol. The number of thiol groups is 1. The second kappa shape index (κ2) is 3.67. The first-order valence-electron chi connectivity index (χ1n) is 4.18. The van der Waals surface area contributed by atoms with Crippen molar-refractivity contribution in [3.63, 3.8) is 0 Å². The van der Waals surface area contributed by atoms with Gasteiger partial charge in [0.25, 0.3) is 0 Å². The summed E-state index contributed by atoms with van der Waals surface area (Å²) in [5, 5.41) is 4.49. The largest absolute Gasteiger partial charge is 0.186 e. The molecule has 1 heterocycles. The molecule has 0 aliphatic carbocycles. The summed E-state index contributed by atoms with van der Waals surface area (Å²) in [7, 11) is -0.173. The van der Waals surface area contributed by atoms with Crippen molar-refractivity contribution in [3.05, 3.63) is 59.4 Å². The summed E-state index contributed by atoms with van der Waals surface area (Å²) in [5.74, 6) is 0. The third-order valence-corrected chi connectivity index (χ3v) is 3.87. The van der Waals surface area contributed by atoms with Crippen LogP contribution in [0.3, 0.4) is 0 Å². The van der Waals surface area contributed by atoms with E-state index < -0.39 is 0 Å². The van der Waals surface area contributed by atoms with Crippen LogP contribution >= 0.6 is 10.9 Å². The van der Waals surface area contributed by atoms with Gasteiger partial charge in [0.2, 0.25) is 0 Å². The molecule has 0 spiro atoms. The summed E-state index contributed by atoms with van der Waals surface area (Å²) < 4.78 is 0. The molecule has 1 radical (unpaired) electrons. The topological polar surface area (TPSA) is 0 Å². The van der Waals surface area contributed by atoms with Gasteiger partial charge >= 0.3 is 0 Å². The molecule has 1 heteroatoms. The highest BCUT2D eigenvalue weighted by Gasteiger charge is 2.01. The third-order valence-electron chi connectivity index (χ3n) is 1.99. The molecule has 1 aliphatic heterocycles. The second-order valence-electron chi connectivity index (χ2n) is 2.85. The predicted octanol–water partition coefficient (Wildman–Crippen LogP) is 3.53. The van der Waals surface area contributed by atoms with E-state index in [0.717, 1.165) is 5.56 Å². The highest BCUT2D eigenvalue weighted by Crippen LogP contribution is 2.41. The first kappa shape index (κ1) is 8.39. The molecule has 2 rings (SSSR count). The van der Waals surface area contributed by atoms with Gasteiger partial charge in [-0.1, -0.05) is 36.9 Å². The van der Waals surface area contributed by atoms with Crippen LogP contribution in [0.2, 0.25) is 0 Å². The van der Waals surface area contributed by atoms with E-state index in [-0.39, 0.29) is 10.9 Å². The molecule has 1 aromatic rings. The van der Waals surface area contributed by atoms with E-state index in [1.807, 2.05) is 0 Å². The zero-order valence-electron chi connectivity index (χ0n) is 7.22. The summed E-state index contributed by atoms with van der Waals surface area (Å²) in [5.41, 5.74) is 1.07.